The van der Waals surface area contributed by atoms with Crippen molar-refractivity contribution in [3.63, 3.8) is 0 Å². The molecule has 1 aliphatic rings. The van der Waals surface area contributed by atoms with Crippen LogP contribution in [0.2, 0.25) is 0 Å². The van der Waals surface area contributed by atoms with E-state index in [9.17, 15) is 0 Å². The van der Waals surface area contributed by atoms with Crippen molar-refractivity contribution in [1.29, 1.82) is 0 Å². The van der Waals surface area contributed by atoms with Gasteiger partial charge in [0.05, 0.1) is 6.61 Å². The lowest BCUT2D eigenvalue weighted by Gasteiger charge is -2.16. The fraction of sp³-hybridized carbons (Fsp3) is 0.455. The first kappa shape index (κ1) is 16.3. The lowest BCUT2D eigenvalue weighted by Crippen LogP contribution is -2.04. The van der Waals surface area contributed by atoms with Gasteiger partial charge in [0.25, 0.3) is 0 Å². The Kier molecular flexibility index (Phi) is 4.59. The number of methoxy groups -OCH3 is 1. The molecule has 0 N–H and O–H groups in total. The minimum absolute atomic E-state index is 0.582. The molecule has 3 rings (SSSR count). The van der Waals surface area contributed by atoms with Gasteiger partial charge in [-0.2, -0.15) is 0 Å². The van der Waals surface area contributed by atoms with Crippen molar-refractivity contribution in [3.8, 4) is 11.1 Å². The van der Waals surface area contributed by atoms with Crippen LogP contribution in [0.5, 0.6) is 0 Å². The van der Waals surface area contributed by atoms with E-state index in [1.807, 2.05) is 0 Å². The van der Waals surface area contributed by atoms with Crippen molar-refractivity contribution < 1.29 is 4.74 Å². The van der Waals surface area contributed by atoms with E-state index in [0.717, 1.165) is 19.4 Å². The van der Waals surface area contributed by atoms with Crippen LogP contribution in [0.25, 0.3) is 11.1 Å². The molecule has 122 valence electrons. The maximum absolute atomic E-state index is 5.54. The van der Waals surface area contributed by atoms with Crippen molar-refractivity contribution in [3.05, 3.63) is 58.1 Å². The third-order valence-electron chi connectivity index (χ3n) is 4.90. The fourth-order valence-corrected chi connectivity index (χ4v) is 3.72. The Labute approximate surface area is 140 Å². The van der Waals surface area contributed by atoms with E-state index in [4.69, 9.17) is 4.74 Å². The van der Waals surface area contributed by atoms with Gasteiger partial charge in [0, 0.05) is 7.11 Å². The summed E-state index contributed by atoms with van der Waals surface area (Å²) in [6, 6.07) is 11.6. The van der Waals surface area contributed by atoms with E-state index in [0.29, 0.717) is 11.8 Å². The molecule has 0 saturated carbocycles. The van der Waals surface area contributed by atoms with E-state index in [1.54, 1.807) is 7.11 Å². The molecule has 1 heteroatoms. The second kappa shape index (κ2) is 6.49. The first-order chi connectivity index (χ1) is 11.0. The fourth-order valence-electron chi connectivity index (χ4n) is 3.72. The molecule has 2 aromatic carbocycles. The molecular formula is C22H28O. The molecule has 0 fully saturated rings. The largest absolute Gasteiger partial charge is 0.380 e. The van der Waals surface area contributed by atoms with Gasteiger partial charge >= 0.3 is 0 Å². The quantitative estimate of drug-likeness (QED) is 0.585. The minimum Gasteiger partial charge on any atom is -0.380 e. The molecule has 0 unspecified atom stereocenters. The summed E-state index contributed by atoms with van der Waals surface area (Å²) in [7, 11) is 1.80. The maximum Gasteiger partial charge on any atom is 0.0718 e. The first-order valence-electron chi connectivity index (χ1n) is 8.77. The predicted molar refractivity (Wildman–Crippen MR) is 98.0 cm³/mol. The van der Waals surface area contributed by atoms with E-state index in [2.05, 4.69) is 58.0 Å². The second-order valence-corrected chi connectivity index (χ2v) is 7.51. The Bertz CT molecular complexity index is 710. The molecule has 0 aliphatic heterocycles. The van der Waals surface area contributed by atoms with Gasteiger partial charge in [0.15, 0.2) is 0 Å². The standard InChI is InChI=1S/C22H28O/c1-14(2)10-17-7-9-20-19-8-6-16(15(3)4)11-18(19)12-21(20)22(17)13-23-5/h6-9,11,14-15H,10,12-13H2,1-5H3. The maximum atomic E-state index is 5.54. The summed E-state index contributed by atoms with van der Waals surface area (Å²) in [5, 5.41) is 0. The van der Waals surface area contributed by atoms with Gasteiger partial charge in [-0.15, -0.1) is 0 Å². The molecule has 23 heavy (non-hydrogen) atoms. The van der Waals surface area contributed by atoms with Crippen molar-refractivity contribution >= 4 is 0 Å². The molecule has 0 radical (unpaired) electrons. The highest BCUT2D eigenvalue weighted by Crippen LogP contribution is 2.41. The smallest absolute Gasteiger partial charge is 0.0718 e. The monoisotopic (exact) mass is 308 g/mol. The average molecular weight is 308 g/mol. The van der Waals surface area contributed by atoms with Gasteiger partial charge in [-0.1, -0.05) is 58.0 Å². The molecule has 0 bridgehead atoms. The summed E-state index contributed by atoms with van der Waals surface area (Å²) in [5.41, 5.74) is 10.1. The van der Waals surface area contributed by atoms with Gasteiger partial charge in [0.2, 0.25) is 0 Å². The Morgan fingerprint density at radius 2 is 1.74 bits per heavy atom. The number of hydrogen-bond acceptors (Lipinski definition) is 1. The number of benzene rings is 2. The van der Waals surface area contributed by atoms with Gasteiger partial charge in [-0.05, 0) is 63.6 Å². The molecule has 2 aromatic rings. The molecular weight excluding hydrogens is 280 g/mol. The van der Waals surface area contributed by atoms with Crippen LogP contribution in [-0.2, 0) is 24.2 Å². The predicted octanol–water partition coefficient (Wildman–Crippen LogP) is 5.73. The Hall–Kier alpha value is -1.60. The average Bonchev–Trinajstić information content (AvgIpc) is 2.87. The van der Waals surface area contributed by atoms with Crippen molar-refractivity contribution in [2.75, 3.05) is 7.11 Å². The van der Waals surface area contributed by atoms with Gasteiger partial charge in [-0.3, -0.25) is 0 Å². The topological polar surface area (TPSA) is 9.23 Å². The highest BCUT2D eigenvalue weighted by atomic mass is 16.5. The van der Waals surface area contributed by atoms with Crippen LogP contribution < -0.4 is 0 Å². The normalized spacial score (nSPS) is 12.8. The Morgan fingerprint density at radius 1 is 1.00 bits per heavy atom. The summed E-state index contributed by atoms with van der Waals surface area (Å²) in [6.07, 6.45) is 2.18. The number of fused-ring (bicyclic) bond motifs is 3. The summed E-state index contributed by atoms with van der Waals surface area (Å²) < 4.78 is 5.54. The zero-order chi connectivity index (χ0) is 16.6. The highest BCUT2D eigenvalue weighted by Gasteiger charge is 2.23. The molecule has 0 aromatic heterocycles. The number of rotatable bonds is 5. The van der Waals surface area contributed by atoms with Crippen molar-refractivity contribution in [1.82, 2.24) is 0 Å². The lowest BCUT2D eigenvalue weighted by atomic mass is 9.92. The molecule has 0 atom stereocenters. The lowest BCUT2D eigenvalue weighted by molar-refractivity contribution is 0.183. The van der Waals surface area contributed by atoms with Crippen LogP contribution in [0.15, 0.2) is 30.3 Å². The van der Waals surface area contributed by atoms with Crippen molar-refractivity contribution in [2.24, 2.45) is 5.92 Å². The van der Waals surface area contributed by atoms with Crippen LogP contribution >= 0.6 is 0 Å². The summed E-state index contributed by atoms with van der Waals surface area (Å²) >= 11 is 0. The van der Waals surface area contributed by atoms with Gasteiger partial charge in [0.1, 0.15) is 0 Å². The zero-order valence-corrected chi connectivity index (χ0v) is 15.1. The molecule has 0 amide bonds. The van der Waals surface area contributed by atoms with E-state index >= 15 is 0 Å². The summed E-state index contributed by atoms with van der Waals surface area (Å²) in [6.45, 7) is 9.82. The summed E-state index contributed by atoms with van der Waals surface area (Å²) in [4.78, 5) is 0. The van der Waals surface area contributed by atoms with Crippen LogP contribution in [-0.4, -0.2) is 7.11 Å². The Morgan fingerprint density at radius 3 is 2.39 bits per heavy atom. The van der Waals surface area contributed by atoms with Crippen LogP contribution in [0.4, 0.5) is 0 Å². The van der Waals surface area contributed by atoms with E-state index in [1.165, 1.54) is 38.9 Å². The third-order valence-corrected chi connectivity index (χ3v) is 4.90. The van der Waals surface area contributed by atoms with Gasteiger partial charge in [-0.25, -0.2) is 0 Å². The molecule has 1 aliphatic carbocycles. The van der Waals surface area contributed by atoms with Crippen LogP contribution in [0.3, 0.4) is 0 Å². The number of hydrogen-bond donors (Lipinski definition) is 0. The molecule has 1 nitrogen and oxygen atoms in total. The number of ether oxygens (including phenoxy) is 1. The molecule has 0 heterocycles. The highest BCUT2D eigenvalue weighted by molar-refractivity contribution is 5.79. The van der Waals surface area contributed by atoms with Crippen LogP contribution in [0.1, 0.15) is 61.4 Å². The summed E-state index contributed by atoms with van der Waals surface area (Å²) in [5.74, 6) is 1.25. The third kappa shape index (κ3) is 3.07. The molecule has 0 spiro atoms. The molecule has 0 saturated heterocycles. The van der Waals surface area contributed by atoms with Gasteiger partial charge < -0.3 is 4.74 Å². The van der Waals surface area contributed by atoms with E-state index in [-0.39, 0.29) is 0 Å². The second-order valence-electron chi connectivity index (χ2n) is 7.51. The van der Waals surface area contributed by atoms with Crippen LogP contribution in [0, 0.1) is 5.92 Å². The first-order valence-corrected chi connectivity index (χ1v) is 8.77. The zero-order valence-electron chi connectivity index (χ0n) is 15.1. The van der Waals surface area contributed by atoms with E-state index < -0.39 is 0 Å². The van der Waals surface area contributed by atoms with Crippen molar-refractivity contribution in [2.45, 2.75) is 53.1 Å². The minimum atomic E-state index is 0.582. The SMILES string of the molecule is COCc1c(CC(C)C)ccc2c1Cc1cc(C(C)C)ccc1-2. The Balaban J connectivity index is 2.07.